The van der Waals surface area contributed by atoms with Gasteiger partial charge in [0.05, 0.1) is 6.61 Å². The van der Waals surface area contributed by atoms with E-state index >= 15 is 0 Å². The fourth-order valence-electron chi connectivity index (χ4n) is 0.597. The molecule has 0 rings (SSSR count). The molecule has 0 saturated heterocycles. The predicted octanol–water partition coefficient (Wildman–Crippen LogP) is 3.14. The highest BCUT2D eigenvalue weighted by molar-refractivity contribution is 9.09. The third kappa shape index (κ3) is 12.6. The van der Waals surface area contributed by atoms with E-state index < -0.39 is 0 Å². The van der Waals surface area contributed by atoms with E-state index in [0.717, 1.165) is 18.2 Å². The van der Waals surface area contributed by atoms with Crippen molar-refractivity contribution >= 4 is 21.9 Å². The van der Waals surface area contributed by atoms with E-state index in [1.165, 1.54) is 0 Å². The highest BCUT2D eigenvalue weighted by Gasteiger charge is 1.98. The number of unbranched alkanes of at least 4 members (excludes halogenated alkanes) is 1. The highest BCUT2D eigenvalue weighted by atomic mass is 79.9. The molecule has 0 amide bonds. The van der Waals surface area contributed by atoms with Crippen molar-refractivity contribution in [2.24, 2.45) is 0 Å². The van der Waals surface area contributed by atoms with Gasteiger partial charge >= 0.3 is 5.97 Å². The summed E-state index contributed by atoms with van der Waals surface area (Å²) in [5, 5.41) is 0.965. The Labute approximate surface area is 83.8 Å². The smallest absolute Gasteiger partial charge is 0.305 e. The van der Waals surface area contributed by atoms with Gasteiger partial charge in [-0.25, -0.2) is 0 Å². The summed E-state index contributed by atoms with van der Waals surface area (Å²) in [7, 11) is 0. The molecule has 0 heterocycles. The number of alkyl halides is 1. The summed E-state index contributed by atoms with van der Waals surface area (Å²) in [6.45, 7) is 6.32. The van der Waals surface area contributed by atoms with Crippen LogP contribution in [-0.2, 0) is 9.53 Å². The van der Waals surface area contributed by atoms with Crippen molar-refractivity contribution in [3.8, 4) is 0 Å². The number of esters is 1. The molecule has 0 bridgehead atoms. The van der Waals surface area contributed by atoms with Crippen molar-refractivity contribution in [3.63, 3.8) is 0 Å². The van der Waals surface area contributed by atoms with Crippen LogP contribution in [0, 0.1) is 0 Å². The lowest BCUT2D eigenvalue weighted by Crippen LogP contribution is -2.03. The van der Waals surface area contributed by atoms with Gasteiger partial charge in [0.15, 0.2) is 0 Å². The van der Waals surface area contributed by atoms with Crippen LogP contribution in [0.5, 0.6) is 0 Å². The molecule has 12 heavy (non-hydrogen) atoms. The molecule has 0 radical (unpaired) electrons. The Balaban J connectivity index is 0. The van der Waals surface area contributed by atoms with E-state index in [0.29, 0.717) is 13.0 Å². The third-order valence-electron chi connectivity index (χ3n) is 1.07. The molecule has 3 heteroatoms. The highest BCUT2D eigenvalue weighted by Crippen LogP contribution is 1.99. The molecule has 0 saturated carbocycles. The Morgan fingerprint density at radius 1 is 1.33 bits per heavy atom. The van der Waals surface area contributed by atoms with E-state index in [4.69, 9.17) is 4.74 Å². The molecule has 0 spiro atoms. The minimum Gasteiger partial charge on any atom is -0.466 e. The standard InChI is InChI=1S/C7H13BrO2.C2H6/c1-2-10-7(9)5-3-4-6-8;1-2/h2-6H2,1H3;1-2H3. The van der Waals surface area contributed by atoms with E-state index in [1.54, 1.807) is 0 Å². The van der Waals surface area contributed by atoms with Gasteiger partial charge in [-0.2, -0.15) is 0 Å². The van der Waals surface area contributed by atoms with Gasteiger partial charge in [-0.05, 0) is 19.8 Å². The SMILES string of the molecule is CC.CCOC(=O)CCCCBr. The van der Waals surface area contributed by atoms with Crippen molar-refractivity contribution in [2.45, 2.75) is 40.0 Å². The Bertz CT molecular complexity index is 94.5. The molecule has 0 aliphatic carbocycles. The average Bonchev–Trinajstić information content (AvgIpc) is 2.09. The average molecular weight is 239 g/mol. The number of ether oxygens (including phenoxy) is 1. The van der Waals surface area contributed by atoms with Crippen LogP contribution < -0.4 is 0 Å². The van der Waals surface area contributed by atoms with Crippen molar-refractivity contribution in [1.82, 2.24) is 0 Å². The molecule has 0 aromatic rings. The quantitative estimate of drug-likeness (QED) is 0.418. The van der Waals surface area contributed by atoms with Gasteiger partial charge < -0.3 is 4.74 Å². The Hall–Kier alpha value is -0.0500. The van der Waals surface area contributed by atoms with E-state index in [9.17, 15) is 4.79 Å². The minimum absolute atomic E-state index is 0.0801. The molecule has 74 valence electrons. The number of carbonyl (C=O) groups excluding carboxylic acids is 1. The summed E-state index contributed by atoms with van der Waals surface area (Å²) in [6, 6.07) is 0. The summed E-state index contributed by atoms with van der Waals surface area (Å²) in [5.74, 6) is -0.0801. The fourth-order valence-corrected chi connectivity index (χ4v) is 0.993. The van der Waals surface area contributed by atoms with Crippen LogP contribution in [0.25, 0.3) is 0 Å². The van der Waals surface area contributed by atoms with Crippen LogP contribution in [0.4, 0.5) is 0 Å². The first-order valence-electron chi connectivity index (χ1n) is 4.52. The summed E-state index contributed by atoms with van der Waals surface area (Å²) in [6.07, 6.45) is 2.52. The molecule has 2 nitrogen and oxygen atoms in total. The van der Waals surface area contributed by atoms with E-state index in [2.05, 4.69) is 15.9 Å². The summed E-state index contributed by atoms with van der Waals surface area (Å²) < 4.78 is 4.73. The molecular weight excluding hydrogens is 220 g/mol. The number of rotatable bonds is 5. The Morgan fingerprint density at radius 2 is 1.92 bits per heavy atom. The van der Waals surface area contributed by atoms with Crippen molar-refractivity contribution in [2.75, 3.05) is 11.9 Å². The predicted molar refractivity (Wildman–Crippen MR) is 55.6 cm³/mol. The summed E-state index contributed by atoms with van der Waals surface area (Å²) in [4.78, 5) is 10.7. The number of carbonyl (C=O) groups is 1. The van der Waals surface area contributed by atoms with Gasteiger partial charge in [-0.1, -0.05) is 29.8 Å². The lowest BCUT2D eigenvalue weighted by molar-refractivity contribution is -0.143. The molecule has 0 aromatic carbocycles. The van der Waals surface area contributed by atoms with Crippen molar-refractivity contribution in [1.29, 1.82) is 0 Å². The first-order chi connectivity index (χ1) is 5.81. The van der Waals surface area contributed by atoms with Crippen LogP contribution in [0.15, 0.2) is 0 Å². The molecule has 0 fully saturated rings. The molecule has 0 aliphatic heterocycles. The lowest BCUT2D eigenvalue weighted by Gasteiger charge is -1.98. The molecule has 0 aliphatic rings. The zero-order valence-electron chi connectivity index (χ0n) is 8.23. The number of hydrogen-bond donors (Lipinski definition) is 0. The maximum atomic E-state index is 10.7. The minimum atomic E-state index is -0.0801. The topological polar surface area (TPSA) is 26.3 Å². The second-order valence-electron chi connectivity index (χ2n) is 1.95. The van der Waals surface area contributed by atoms with Crippen LogP contribution in [0.3, 0.4) is 0 Å². The molecular formula is C9H19BrO2. The van der Waals surface area contributed by atoms with Crippen LogP contribution in [0.1, 0.15) is 40.0 Å². The van der Waals surface area contributed by atoms with E-state index in [-0.39, 0.29) is 5.97 Å². The largest absolute Gasteiger partial charge is 0.466 e. The van der Waals surface area contributed by atoms with Crippen LogP contribution >= 0.6 is 15.9 Å². The molecule has 0 unspecified atom stereocenters. The van der Waals surface area contributed by atoms with Gasteiger partial charge in [-0.15, -0.1) is 0 Å². The van der Waals surface area contributed by atoms with Crippen molar-refractivity contribution in [3.05, 3.63) is 0 Å². The van der Waals surface area contributed by atoms with E-state index in [1.807, 2.05) is 20.8 Å². The first-order valence-corrected chi connectivity index (χ1v) is 5.65. The normalized spacial score (nSPS) is 8.33. The monoisotopic (exact) mass is 238 g/mol. The zero-order valence-corrected chi connectivity index (χ0v) is 9.82. The molecule has 0 atom stereocenters. The van der Waals surface area contributed by atoms with Crippen molar-refractivity contribution < 1.29 is 9.53 Å². The zero-order chi connectivity index (χ0) is 9.82. The second kappa shape index (κ2) is 13.5. The Kier molecular flexibility index (Phi) is 16.3. The number of halogens is 1. The molecule has 0 N–H and O–H groups in total. The van der Waals surface area contributed by atoms with Crippen LogP contribution in [-0.4, -0.2) is 17.9 Å². The lowest BCUT2D eigenvalue weighted by atomic mass is 10.2. The van der Waals surface area contributed by atoms with Gasteiger partial charge in [0.2, 0.25) is 0 Å². The van der Waals surface area contributed by atoms with Gasteiger partial charge in [0.1, 0.15) is 0 Å². The Morgan fingerprint density at radius 3 is 2.33 bits per heavy atom. The van der Waals surface area contributed by atoms with Gasteiger partial charge in [0, 0.05) is 11.8 Å². The summed E-state index contributed by atoms with van der Waals surface area (Å²) >= 11 is 3.29. The van der Waals surface area contributed by atoms with Crippen LogP contribution in [0.2, 0.25) is 0 Å². The second-order valence-corrected chi connectivity index (χ2v) is 2.74. The summed E-state index contributed by atoms with van der Waals surface area (Å²) in [5.41, 5.74) is 0. The number of hydrogen-bond acceptors (Lipinski definition) is 2. The van der Waals surface area contributed by atoms with Gasteiger partial charge in [-0.3, -0.25) is 4.79 Å². The molecule has 0 aromatic heterocycles. The first kappa shape index (κ1) is 14.5. The third-order valence-corrected chi connectivity index (χ3v) is 1.63. The van der Waals surface area contributed by atoms with Gasteiger partial charge in [0.25, 0.3) is 0 Å². The maximum Gasteiger partial charge on any atom is 0.305 e. The maximum absolute atomic E-state index is 10.7. The fraction of sp³-hybridized carbons (Fsp3) is 0.889.